The van der Waals surface area contributed by atoms with Gasteiger partial charge in [-0.25, -0.2) is 0 Å². The number of aromatic amines is 1. The van der Waals surface area contributed by atoms with E-state index in [-0.39, 0.29) is 32.0 Å². The minimum atomic E-state index is -3.67. The molecule has 0 unspecified atom stereocenters. The van der Waals surface area contributed by atoms with Crippen LogP contribution >= 0.6 is 0 Å². The number of ether oxygens (including phenoxy) is 2. The van der Waals surface area contributed by atoms with Gasteiger partial charge in [-0.3, -0.25) is 9.59 Å². The Morgan fingerprint density at radius 2 is 2.10 bits per heavy atom. The fourth-order valence-corrected chi connectivity index (χ4v) is 3.63. The van der Waals surface area contributed by atoms with Gasteiger partial charge in [-0.05, 0) is 29.3 Å². The number of piperazine rings is 1. The molecule has 3 aliphatic heterocycles. The van der Waals surface area contributed by atoms with E-state index in [1.54, 1.807) is 0 Å². The number of carbonyl (C=O) groups is 2. The van der Waals surface area contributed by atoms with E-state index in [0.29, 0.717) is 0 Å². The smallest absolute Gasteiger partial charge is 0.245 e. The number of likely N-dealkylation sites (N-methyl/N-ethyl adjacent to an activating group) is 1. The van der Waals surface area contributed by atoms with Gasteiger partial charge in [0, 0.05) is 34.1 Å². The summed E-state index contributed by atoms with van der Waals surface area (Å²) < 4.78 is 129. The molecule has 3 aliphatic rings. The molecular weight excluding hydrogens is 370 g/mol. The first-order chi connectivity index (χ1) is 19.7. The Labute approximate surface area is 186 Å². The van der Waals surface area contributed by atoms with Crippen molar-refractivity contribution in [3.63, 3.8) is 0 Å². The van der Waals surface area contributed by atoms with Gasteiger partial charge in [0.05, 0.1) is 27.6 Å². The van der Waals surface area contributed by atoms with Crippen LogP contribution in [0.1, 0.15) is 42.0 Å². The molecular formula is C22H19N3O4. The van der Waals surface area contributed by atoms with Crippen molar-refractivity contribution in [3.8, 4) is 11.5 Å². The Hall–Kier alpha value is -3.48. The van der Waals surface area contributed by atoms with Crippen molar-refractivity contribution >= 4 is 22.7 Å². The van der Waals surface area contributed by atoms with Crippen LogP contribution in [0.2, 0.25) is 0 Å². The van der Waals surface area contributed by atoms with Gasteiger partial charge in [-0.15, -0.1) is 0 Å². The molecule has 1 aromatic heterocycles. The van der Waals surface area contributed by atoms with E-state index in [1.807, 2.05) is 0 Å². The summed E-state index contributed by atoms with van der Waals surface area (Å²) in [4.78, 5) is 30.2. The van der Waals surface area contributed by atoms with Gasteiger partial charge >= 0.3 is 0 Å². The maximum atomic E-state index is 14.0. The minimum Gasteiger partial charge on any atom is -0.454 e. The standard InChI is InChI=1S/C22H19N3O4/c1-24-10-19(26)25-16(22(24)27)9-14-13-4-2-3-5-15(13)23-20(14)21(25)12-6-7-17-18(8-12)29-11-28-17/h2-8,16,21,23H,9-11H2,1H3/t16-,21-/m1/s1/i1D3,2D,3D,4D,5D,6D,7D,8D,10D2,16D,21D. The summed E-state index contributed by atoms with van der Waals surface area (Å²) in [7, 11) is 0. The largest absolute Gasteiger partial charge is 0.454 e. The molecule has 1 N–H and O–H groups in total. The maximum absolute atomic E-state index is 14.0. The lowest BCUT2D eigenvalue weighted by Gasteiger charge is -2.46. The molecule has 0 bridgehead atoms. The zero-order valence-corrected chi connectivity index (χ0v) is 14.4. The van der Waals surface area contributed by atoms with Crippen LogP contribution in [0, 0.1) is 0 Å². The van der Waals surface area contributed by atoms with E-state index in [1.165, 1.54) is 0 Å². The van der Waals surface area contributed by atoms with Gasteiger partial charge in [0.1, 0.15) is 6.02 Å². The highest BCUT2D eigenvalue weighted by atomic mass is 16.7. The number of hydrogen-bond acceptors (Lipinski definition) is 4. The number of hydrogen-bond donors (Lipinski definition) is 1. The summed E-state index contributed by atoms with van der Waals surface area (Å²) in [6, 6.07) is -11.4. The molecule has 0 saturated carbocycles. The quantitative estimate of drug-likeness (QED) is 0.676. The summed E-state index contributed by atoms with van der Waals surface area (Å²) >= 11 is 0. The van der Waals surface area contributed by atoms with Crippen molar-refractivity contribution in [3.05, 3.63) is 59.1 Å². The van der Waals surface area contributed by atoms with E-state index >= 15 is 0 Å². The molecule has 0 radical (unpaired) electrons. The number of nitrogens with one attached hydrogen (secondary N) is 1. The minimum absolute atomic E-state index is 0.103. The molecule has 4 heterocycles. The van der Waals surface area contributed by atoms with Gasteiger partial charge in [0.2, 0.25) is 18.6 Å². The Morgan fingerprint density at radius 3 is 3.00 bits per heavy atom. The molecule has 2 atom stereocenters. The van der Waals surface area contributed by atoms with Crippen LogP contribution < -0.4 is 9.47 Å². The lowest BCUT2D eigenvalue weighted by atomic mass is 9.86. The number of H-pyrrole nitrogens is 1. The van der Waals surface area contributed by atoms with E-state index in [2.05, 4.69) is 4.98 Å². The summed E-state index contributed by atoms with van der Waals surface area (Å²) in [5.41, 5.74) is -1.99. The van der Waals surface area contributed by atoms with Gasteiger partial charge in [-0.1, -0.05) is 24.2 Å². The van der Waals surface area contributed by atoms with Crippen LogP contribution in [0.15, 0.2) is 42.3 Å². The lowest BCUT2D eigenvalue weighted by Crippen LogP contribution is -2.62. The average molecular weight is 403 g/mol. The fourth-order valence-electron chi connectivity index (χ4n) is 3.63. The second kappa shape index (κ2) is 5.76. The molecule has 7 nitrogen and oxygen atoms in total. The number of benzene rings is 2. The van der Waals surface area contributed by atoms with Crippen LogP contribution in [0.3, 0.4) is 0 Å². The first-order valence-corrected chi connectivity index (χ1v) is 8.44. The molecule has 0 aliphatic carbocycles. The van der Waals surface area contributed by atoms with Crippen molar-refractivity contribution in [2.75, 3.05) is 20.3 Å². The monoisotopic (exact) mass is 403 g/mol. The maximum Gasteiger partial charge on any atom is 0.245 e. The first-order valence-electron chi connectivity index (χ1n) is 15.4. The molecule has 7 heteroatoms. The van der Waals surface area contributed by atoms with Crippen molar-refractivity contribution < 1.29 is 38.3 Å². The van der Waals surface area contributed by atoms with Gasteiger partial charge < -0.3 is 24.3 Å². The summed E-state index contributed by atoms with van der Waals surface area (Å²) in [6.07, 6.45) is -0.961. The highest BCUT2D eigenvalue weighted by Gasteiger charge is 2.47. The SMILES string of the molecule is [2H]c1c([2H])c([C@]2([2H])c3[nH]c4c([2H])c([2H])c([2H])c([2H])c4c3C[C@]3([2H])C(=O)N(C([2H])([2H])[2H])C([2H])([2H])C(=O)N23)c([2H])c2c1OCO2. The molecule has 6 rings (SSSR count). The zero-order valence-electron chi connectivity index (χ0n) is 28.4. The Morgan fingerprint density at radius 1 is 1.24 bits per heavy atom. The number of rotatable bonds is 1. The highest BCUT2D eigenvalue weighted by molar-refractivity contribution is 5.97. The van der Waals surface area contributed by atoms with Crippen LogP contribution in [-0.2, 0) is 16.0 Å². The molecule has 2 amide bonds. The summed E-state index contributed by atoms with van der Waals surface area (Å²) in [5, 5.41) is -0.303. The van der Waals surface area contributed by atoms with E-state index < -0.39 is 110 Å². The van der Waals surface area contributed by atoms with E-state index in [0.717, 1.165) is 0 Å². The zero-order chi connectivity index (χ0) is 31.9. The Bertz CT molecular complexity index is 1820. The van der Waals surface area contributed by atoms with Crippen molar-refractivity contribution in [2.45, 2.75) is 18.5 Å². The normalized spacial score (nSPS) is 37.0. The first kappa shape index (κ1) is 7.74. The molecule has 29 heavy (non-hydrogen) atoms. The number of fused-ring (bicyclic) bond motifs is 5. The van der Waals surface area contributed by atoms with E-state index in [4.69, 9.17) is 25.9 Å². The summed E-state index contributed by atoms with van der Waals surface area (Å²) in [6.45, 7) is -7.72. The highest BCUT2D eigenvalue weighted by Crippen LogP contribution is 2.44. The van der Waals surface area contributed by atoms with Gasteiger partial charge in [0.25, 0.3) is 0 Å². The molecule has 146 valence electrons. The van der Waals surface area contributed by atoms with Gasteiger partial charge in [0.15, 0.2) is 11.5 Å². The number of aromatic nitrogens is 1. The number of carbonyl (C=O) groups excluding carboxylic acids is 2. The average Bonchev–Trinajstić information content (AvgIpc) is 3.54. The van der Waals surface area contributed by atoms with Crippen molar-refractivity contribution in [1.82, 2.24) is 14.8 Å². The molecule has 2 aromatic carbocycles. The number of para-hydroxylation sites is 1. The Balaban J connectivity index is 1.82. The molecule has 1 fully saturated rings. The fraction of sp³-hybridized carbons (Fsp3) is 0.273. The van der Waals surface area contributed by atoms with Crippen LogP contribution in [0.25, 0.3) is 10.9 Å². The predicted molar refractivity (Wildman–Crippen MR) is 105 cm³/mol. The van der Waals surface area contributed by atoms with Crippen molar-refractivity contribution in [2.24, 2.45) is 0 Å². The van der Waals surface area contributed by atoms with Crippen LogP contribution in [0.5, 0.6) is 11.5 Å². The predicted octanol–water partition coefficient (Wildman–Crippen LogP) is 2.21. The second-order valence-electron chi connectivity index (χ2n) is 6.41. The molecule has 0 spiro atoms. The molecule has 1 saturated heterocycles. The lowest BCUT2D eigenvalue weighted by molar-refractivity contribution is -0.157. The number of amides is 2. The van der Waals surface area contributed by atoms with Gasteiger partial charge in [-0.2, -0.15) is 0 Å². The third kappa shape index (κ3) is 2.24. The van der Waals surface area contributed by atoms with E-state index in [9.17, 15) is 12.3 Å². The topological polar surface area (TPSA) is 74.9 Å². The van der Waals surface area contributed by atoms with Crippen LogP contribution in [-0.4, -0.2) is 52.9 Å². The van der Waals surface area contributed by atoms with Crippen molar-refractivity contribution in [1.29, 1.82) is 0 Å². The van der Waals surface area contributed by atoms with Crippen LogP contribution in [0.4, 0.5) is 0 Å². The second-order valence-corrected chi connectivity index (χ2v) is 6.41. The number of nitrogens with zero attached hydrogens (tertiary/aromatic N) is 2. The summed E-state index contributed by atoms with van der Waals surface area (Å²) in [5.74, 6) is -4.40. The third-order valence-corrected chi connectivity index (χ3v) is 4.87. The molecule has 3 aromatic rings. The third-order valence-electron chi connectivity index (χ3n) is 4.87. The Kier molecular flexibility index (Phi) is 1.54.